The minimum Gasteiger partial charge on any atom is -0.415 e. The molecule has 8 atom stereocenters. The topological polar surface area (TPSA) is 143 Å². The van der Waals surface area contributed by atoms with Crippen LogP contribution in [0.3, 0.4) is 0 Å². The van der Waals surface area contributed by atoms with Crippen molar-refractivity contribution in [2.24, 2.45) is 39.9 Å². The van der Waals surface area contributed by atoms with Crippen molar-refractivity contribution in [2.45, 2.75) is 77.6 Å². The van der Waals surface area contributed by atoms with Gasteiger partial charge in [-0.3, -0.25) is 0 Å². The summed E-state index contributed by atoms with van der Waals surface area (Å²) in [6, 6.07) is 0. The summed E-state index contributed by atoms with van der Waals surface area (Å²) in [5.74, 6) is 0.655. The van der Waals surface area contributed by atoms with Crippen LogP contribution in [0.5, 0.6) is 0 Å². The van der Waals surface area contributed by atoms with Gasteiger partial charge in [0.15, 0.2) is 0 Å². The molecule has 0 aromatic rings. The van der Waals surface area contributed by atoms with E-state index in [0.717, 1.165) is 17.8 Å². The van der Waals surface area contributed by atoms with E-state index in [2.05, 4.69) is 31.1 Å². The van der Waals surface area contributed by atoms with Crippen molar-refractivity contribution >= 4 is 45.7 Å². The molecule has 14 heteroatoms. The summed E-state index contributed by atoms with van der Waals surface area (Å²) in [7, 11) is -12.6. The van der Waals surface area contributed by atoms with Crippen molar-refractivity contribution in [1.29, 1.82) is 0 Å². The van der Waals surface area contributed by atoms with E-state index in [1.165, 1.54) is 0 Å². The summed E-state index contributed by atoms with van der Waals surface area (Å²) >= 11 is 0. The average molecular weight is 565 g/mol. The molecule has 202 valence electrons. The Balaban J connectivity index is 1.90. The zero-order chi connectivity index (χ0) is 26.6. The van der Waals surface area contributed by atoms with Crippen LogP contribution in [0.1, 0.15) is 27.2 Å². The maximum atomic E-state index is 11.3. The Labute approximate surface area is 213 Å². The molecule has 0 saturated heterocycles. The van der Waals surface area contributed by atoms with Crippen molar-refractivity contribution in [3.63, 3.8) is 0 Å². The third-order valence-electron chi connectivity index (χ3n) is 7.53. The highest BCUT2D eigenvalue weighted by Gasteiger charge is 2.56. The number of oxime groups is 2. The fraction of sp³-hybridized carbons (Fsp3) is 0.905. The van der Waals surface area contributed by atoms with Crippen LogP contribution in [-0.2, 0) is 17.9 Å². The van der Waals surface area contributed by atoms with Crippen molar-refractivity contribution < 1.29 is 37.1 Å². The lowest BCUT2D eigenvalue weighted by Gasteiger charge is -2.46. The second kappa shape index (κ2) is 10.0. The van der Waals surface area contributed by atoms with Crippen molar-refractivity contribution in [3.8, 4) is 0 Å². The molecule has 4 N–H and O–H groups in total. The second-order valence-electron chi connectivity index (χ2n) is 12.0. The first kappa shape index (κ1) is 29.1. The molecule has 3 rings (SSSR count). The molecule has 1 aliphatic carbocycles. The summed E-state index contributed by atoms with van der Waals surface area (Å²) in [5, 5.41) is 8.84. The molecule has 10 nitrogen and oxygen atoms in total. The Kier molecular flexibility index (Phi) is 8.35. The van der Waals surface area contributed by atoms with Gasteiger partial charge in [0, 0.05) is 11.8 Å². The molecule has 0 radical (unpaired) electrons. The largest absolute Gasteiger partial charge is 0.415 e. The molecule has 1 fully saturated rings. The summed E-state index contributed by atoms with van der Waals surface area (Å²) in [4.78, 5) is 54.4. The first-order chi connectivity index (χ1) is 15.8. The fourth-order valence-corrected chi connectivity index (χ4v) is 18.1. The van der Waals surface area contributed by atoms with Crippen LogP contribution in [0, 0.1) is 29.6 Å². The van der Waals surface area contributed by atoms with E-state index >= 15 is 0 Å². The predicted octanol–water partition coefficient (Wildman–Crippen LogP) is 2.59. The summed E-state index contributed by atoms with van der Waals surface area (Å²) < 4.78 is 11.8. The Hall–Kier alpha value is -0.432. The highest BCUT2D eigenvalue weighted by Crippen LogP contribution is 2.50. The Morgan fingerprint density at radius 2 is 1.03 bits per heavy atom. The van der Waals surface area contributed by atoms with Crippen LogP contribution in [0.2, 0.25) is 50.4 Å². The Morgan fingerprint density at radius 1 is 0.686 bits per heavy atom. The SMILES string of the molecule is CC1CC(C)C(C2=NOCC2[Si](C)(O)O[Si](C)(C)O)C(C)C1C1=NOCC1[Si](C)(O)O[Si](C)(C)O. The monoisotopic (exact) mass is 564 g/mol. The predicted molar refractivity (Wildman–Crippen MR) is 143 cm³/mol. The maximum Gasteiger partial charge on any atom is 0.336 e. The number of hydrogen-bond acceptors (Lipinski definition) is 10. The van der Waals surface area contributed by atoms with Crippen LogP contribution in [0.15, 0.2) is 10.3 Å². The smallest absolute Gasteiger partial charge is 0.336 e. The molecule has 2 aliphatic heterocycles. The van der Waals surface area contributed by atoms with Gasteiger partial charge in [0.2, 0.25) is 0 Å². The first-order valence-corrected chi connectivity index (χ1v) is 23.1. The van der Waals surface area contributed by atoms with Crippen LogP contribution in [0.4, 0.5) is 0 Å². The van der Waals surface area contributed by atoms with Crippen molar-refractivity contribution in [1.82, 2.24) is 0 Å². The van der Waals surface area contributed by atoms with E-state index in [0.29, 0.717) is 0 Å². The summed E-state index contributed by atoms with van der Waals surface area (Å²) in [6.07, 6.45) is 0.909. The van der Waals surface area contributed by atoms with Crippen LogP contribution < -0.4 is 0 Å². The van der Waals surface area contributed by atoms with E-state index in [9.17, 15) is 19.2 Å². The molecule has 35 heavy (non-hydrogen) atoms. The van der Waals surface area contributed by atoms with Gasteiger partial charge in [-0.05, 0) is 63.5 Å². The number of rotatable bonds is 8. The van der Waals surface area contributed by atoms with E-state index in [-0.39, 0.29) is 53.9 Å². The van der Waals surface area contributed by atoms with Gasteiger partial charge in [-0.1, -0.05) is 31.1 Å². The normalized spacial score (nSPS) is 37.6. The molecule has 0 aromatic heterocycles. The van der Waals surface area contributed by atoms with Gasteiger partial charge >= 0.3 is 34.2 Å². The lowest BCUT2D eigenvalue weighted by atomic mass is 9.60. The molecular weight excluding hydrogens is 521 g/mol. The second-order valence-corrected chi connectivity index (χ2v) is 25.1. The lowest BCUT2D eigenvalue weighted by Crippen LogP contribution is -2.56. The Bertz CT molecular complexity index is 776. The minimum absolute atomic E-state index is 0.00916. The molecule has 0 aromatic carbocycles. The van der Waals surface area contributed by atoms with Gasteiger partial charge in [-0.15, -0.1) is 0 Å². The molecule has 0 spiro atoms. The fourth-order valence-electron chi connectivity index (χ4n) is 6.53. The highest BCUT2D eigenvalue weighted by molar-refractivity contribution is 6.81. The van der Waals surface area contributed by atoms with Crippen molar-refractivity contribution in [2.75, 3.05) is 13.2 Å². The summed E-state index contributed by atoms with van der Waals surface area (Å²) in [6.45, 7) is 17.1. The molecule has 0 amide bonds. The first-order valence-electron chi connectivity index (χ1n) is 12.5. The maximum absolute atomic E-state index is 11.3. The van der Waals surface area contributed by atoms with Gasteiger partial charge in [-0.2, -0.15) is 0 Å². The van der Waals surface area contributed by atoms with Gasteiger partial charge in [0.05, 0.1) is 22.5 Å². The Morgan fingerprint density at radius 3 is 1.34 bits per heavy atom. The van der Waals surface area contributed by atoms with E-state index < -0.39 is 34.2 Å². The van der Waals surface area contributed by atoms with E-state index in [4.69, 9.17) is 17.9 Å². The molecule has 8 unspecified atom stereocenters. The molecule has 3 aliphatic rings. The zero-order valence-corrected chi connectivity index (χ0v) is 26.5. The van der Waals surface area contributed by atoms with Gasteiger partial charge in [0.1, 0.15) is 13.2 Å². The van der Waals surface area contributed by atoms with Crippen LogP contribution in [-0.4, -0.2) is 78.1 Å². The van der Waals surface area contributed by atoms with Gasteiger partial charge in [0.25, 0.3) is 0 Å². The minimum atomic E-state index is -3.33. The molecule has 1 saturated carbocycles. The van der Waals surface area contributed by atoms with Crippen LogP contribution >= 0.6 is 0 Å². The number of hydrogen-bond donors (Lipinski definition) is 4. The standard InChI is InChI=1S/C21H44N2O8Si4/c1-13-10-14(2)19(21-17(12-29-23-21)35(9,27)31-33(6,7)25)15(3)18(13)20-16(11-28-22-20)34(8,26)30-32(4,5)24/h13-19,24-27H,10-12H2,1-9H3. The molecule has 2 heterocycles. The number of nitrogens with zero attached hydrogens (tertiary/aromatic N) is 2. The molecule has 0 bridgehead atoms. The third-order valence-corrected chi connectivity index (χ3v) is 18.3. The van der Waals surface area contributed by atoms with E-state index in [1.807, 2.05) is 0 Å². The van der Waals surface area contributed by atoms with Gasteiger partial charge < -0.3 is 37.1 Å². The van der Waals surface area contributed by atoms with Crippen molar-refractivity contribution in [3.05, 3.63) is 0 Å². The van der Waals surface area contributed by atoms with Gasteiger partial charge in [-0.25, -0.2) is 0 Å². The van der Waals surface area contributed by atoms with E-state index in [1.54, 1.807) is 39.3 Å². The summed E-state index contributed by atoms with van der Waals surface area (Å²) in [5.41, 5.74) is 0.865. The highest BCUT2D eigenvalue weighted by atomic mass is 28.5. The average Bonchev–Trinajstić information content (AvgIpc) is 3.27. The van der Waals surface area contributed by atoms with Crippen LogP contribution in [0.25, 0.3) is 0 Å². The third kappa shape index (κ3) is 6.53. The quantitative estimate of drug-likeness (QED) is 0.330. The molecular formula is C21H44N2O8Si4. The lowest BCUT2D eigenvalue weighted by molar-refractivity contribution is 0.138. The zero-order valence-electron chi connectivity index (χ0n) is 22.5.